The Labute approximate surface area is 175 Å². The number of likely N-dealkylation sites (tertiary alicyclic amines) is 2. The van der Waals surface area contributed by atoms with Crippen LogP contribution in [0, 0.1) is 5.92 Å². The van der Waals surface area contributed by atoms with E-state index in [9.17, 15) is 14.4 Å². The smallest absolute Gasteiger partial charge is 0.254 e. The van der Waals surface area contributed by atoms with Crippen molar-refractivity contribution < 1.29 is 14.4 Å². The van der Waals surface area contributed by atoms with E-state index in [1.165, 1.54) is 6.92 Å². The van der Waals surface area contributed by atoms with Crippen LogP contribution in [0.2, 0.25) is 10.0 Å². The molecule has 0 radical (unpaired) electrons. The summed E-state index contributed by atoms with van der Waals surface area (Å²) >= 11 is 12.0. The van der Waals surface area contributed by atoms with Gasteiger partial charge in [0.2, 0.25) is 11.8 Å². The summed E-state index contributed by atoms with van der Waals surface area (Å²) in [6.45, 7) is 4.03. The van der Waals surface area contributed by atoms with Crippen molar-refractivity contribution in [2.45, 2.75) is 38.6 Å². The maximum atomic E-state index is 13.1. The van der Waals surface area contributed by atoms with Crippen molar-refractivity contribution >= 4 is 40.9 Å². The van der Waals surface area contributed by atoms with Gasteiger partial charge >= 0.3 is 0 Å². The molecule has 3 amide bonds. The molecule has 0 spiro atoms. The molecule has 0 bridgehead atoms. The maximum Gasteiger partial charge on any atom is 0.254 e. The normalized spacial score (nSPS) is 20.3. The Hall–Kier alpha value is -1.79. The molecule has 1 aromatic rings. The average molecular weight is 426 g/mol. The molecule has 152 valence electrons. The standard InChI is InChI=1S/C20H25Cl2N3O3/c1-13(26)23-12-14-4-7-24(8-5-14)20(28)18-3-2-6-25(18)19(27)15-9-16(21)11-17(22)10-15/h9-11,14,18H,2-8,12H2,1H3,(H,23,26). The highest BCUT2D eigenvalue weighted by atomic mass is 35.5. The van der Waals surface area contributed by atoms with Crippen LogP contribution in [0.1, 0.15) is 43.0 Å². The van der Waals surface area contributed by atoms with Crippen molar-refractivity contribution in [3.8, 4) is 0 Å². The molecular weight excluding hydrogens is 401 g/mol. The second kappa shape index (κ2) is 9.14. The predicted molar refractivity (Wildman–Crippen MR) is 109 cm³/mol. The molecule has 2 saturated heterocycles. The lowest BCUT2D eigenvalue weighted by atomic mass is 9.96. The molecule has 1 aromatic carbocycles. The largest absolute Gasteiger partial charge is 0.356 e. The molecule has 8 heteroatoms. The first-order valence-corrected chi connectivity index (χ1v) is 10.4. The number of amides is 3. The Kier molecular flexibility index (Phi) is 6.83. The zero-order chi connectivity index (χ0) is 20.3. The van der Waals surface area contributed by atoms with E-state index in [1.807, 2.05) is 4.90 Å². The molecule has 0 aromatic heterocycles. The van der Waals surface area contributed by atoms with Crippen LogP contribution in [0.25, 0.3) is 0 Å². The fourth-order valence-electron chi connectivity index (χ4n) is 3.97. The lowest BCUT2D eigenvalue weighted by molar-refractivity contribution is -0.136. The number of carbonyl (C=O) groups excluding carboxylic acids is 3. The van der Waals surface area contributed by atoms with Gasteiger partial charge in [0, 0.05) is 48.7 Å². The second-order valence-electron chi connectivity index (χ2n) is 7.52. The minimum absolute atomic E-state index is 0.0111. The molecule has 2 fully saturated rings. The number of rotatable bonds is 4. The highest BCUT2D eigenvalue weighted by Gasteiger charge is 2.38. The van der Waals surface area contributed by atoms with Crippen LogP contribution in [0.4, 0.5) is 0 Å². The van der Waals surface area contributed by atoms with Crippen LogP contribution in [0.15, 0.2) is 18.2 Å². The lowest BCUT2D eigenvalue weighted by Gasteiger charge is -2.35. The van der Waals surface area contributed by atoms with Crippen molar-refractivity contribution in [1.82, 2.24) is 15.1 Å². The maximum absolute atomic E-state index is 13.1. The Morgan fingerprint density at radius 2 is 1.68 bits per heavy atom. The van der Waals surface area contributed by atoms with Gasteiger partial charge in [-0.1, -0.05) is 23.2 Å². The highest BCUT2D eigenvalue weighted by molar-refractivity contribution is 6.35. The number of halogens is 2. The van der Waals surface area contributed by atoms with Crippen LogP contribution < -0.4 is 5.32 Å². The minimum atomic E-state index is -0.433. The summed E-state index contributed by atoms with van der Waals surface area (Å²) in [7, 11) is 0. The summed E-state index contributed by atoms with van der Waals surface area (Å²) in [5, 5.41) is 3.65. The average Bonchev–Trinajstić information content (AvgIpc) is 3.14. The van der Waals surface area contributed by atoms with E-state index in [0.717, 1.165) is 19.3 Å². The first kappa shape index (κ1) is 20.9. The number of hydrogen-bond acceptors (Lipinski definition) is 3. The number of nitrogens with one attached hydrogen (secondary N) is 1. The minimum Gasteiger partial charge on any atom is -0.356 e. The molecule has 3 rings (SSSR count). The molecule has 0 aliphatic carbocycles. The van der Waals surface area contributed by atoms with Crippen molar-refractivity contribution in [3.05, 3.63) is 33.8 Å². The molecule has 1 N–H and O–H groups in total. The van der Waals surface area contributed by atoms with Crippen LogP contribution in [0.3, 0.4) is 0 Å². The van der Waals surface area contributed by atoms with Gasteiger partial charge in [-0.05, 0) is 49.8 Å². The number of benzene rings is 1. The molecule has 1 unspecified atom stereocenters. The van der Waals surface area contributed by atoms with Gasteiger partial charge in [0.25, 0.3) is 5.91 Å². The Bertz CT molecular complexity index is 743. The molecule has 6 nitrogen and oxygen atoms in total. The summed E-state index contributed by atoms with van der Waals surface area (Å²) in [6.07, 6.45) is 3.19. The lowest BCUT2D eigenvalue weighted by Crippen LogP contribution is -2.50. The van der Waals surface area contributed by atoms with Gasteiger partial charge in [-0.25, -0.2) is 0 Å². The van der Waals surface area contributed by atoms with Gasteiger partial charge in [-0.2, -0.15) is 0 Å². The third kappa shape index (κ3) is 4.97. The zero-order valence-electron chi connectivity index (χ0n) is 15.9. The summed E-state index contributed by atoms with van der Waals surface area (Å²) in [6, 6.07) is 4.32. The molecule has 1 atom stereocenters. The SMILES string of the molecule is CC(=O)NCC1CCN(C(=O)C2CCCN2C(=O)c2cc(Cl)cc(Cl)c2)CC1. The van der Waals surface area contributed by atoms with E-state index in [0.29, 0.717) is 54.1 Å². The Morgan fingerprint density at radius 1 is 1.04 bits per heavy atom. The van der Waals surface area contributed by atoms with Crippen molar-refractivity contribution in [3.63, 3.8) is 0 Å². The molecule has 28 heavy (non-hydrogen) atoms. The first-order chi connectivity index (χ1) is 13.3. The van der Waals surface area contributed by atoms with Gasteiger partial charge in [-0.15, -0.1) is 0 Å². The topological polar surface area (TPSA) is 69.7 Å². The third-order valence-corrected chi connectivity index (χ3v) is 5.91. The fourth-order valence-corrected chi connectivity index (χ4v) is 4.49. The van der Waals surface area contributed by atoms with Crippen molar-refractivity contribution in [2.75, 3.05) is 26.2 Å². The van der Waals surface area contributed by atoms with E-state index < -0.39 is 6.04 Å². The predicted octanol–water partition coefficient (Wildman–Crippen LogP) is 2.97. The van der Waals surface area contributed by atoms with E-state index in [-0.39, 0.29) is 17.7 Å². The van der Waals surface area contributed by atoms with Crippen LogP contribution in [-0.2, 0) is 9.59 Å². The first-order valence-electron chi connectivity index (χ1n) is 9.65. The van der Waals surface area contributed by atoms with E-state index in [4.69, 9.17) is 23.2 Å². The molecule has 2 aliphatic rings. The fraction of sp³-hybridized carbons (Fsp3) is 0.550. The van der Waals surface area contributed by atoms with Gasteiger partial charge in [0.1, 0.15) is 6.04 Å². The van der Waals surface area contributed by atoms with E-state index in [1.54, 1.807) is 23.1 Å². The monoisotopic (exact) mass is 425 g/mol. The summed E-state index contributed by atoms with van der Waals surface area (Å²) in [5.74, 6) is 0.167. The number of nitrogens with zero attached hydrogens (tertiary/aromatic N) is 2. The third-order valence-electron chi connectivity index (χ3n) is 5.47. The van der Waals surface area contributed by atoms with E-state index >= 15 is 0 Å². The van der Waals surface area contributed by atoms with Crippen molar-refractivity contribution in [1.29, 1.82) is 0 Å². The number of hydrogen-bond donors (Lipinski definition) is 1. The Balaban J connectivity index is 1.62. The molecule has 0 saturated carbocycles. The number of piperidine rings is 1. The summed E-state index contributed by atoms with van der Waals surface area (Å²) in [5.41, 5.74) is 0.409. The Morgan fingerprint density at radius 3 is 2.29 bits per heavy atom. The van der Waals surface area contributed by atoms with Gasteiger partial charge in [0.15, 0.2) is 0 Å². The molecule has 2 aliphatic heterocycles. The summed E-state index contributed by atoms with van der Waals surface area (Å²) in [4.78, 5) is 40.6. The highest BCUT2D eigenvalue weighted by Crippen LogP contribution is 2.27. The van der Waals surface area contributed by atoms with Crippen LogP contribution in [-0.4, -0.2) is 59.7 Å². The van der Waals surface area contributed by atoms with Gasteiger partial charge < -0.3 is 15.1 Å². The zero-order valence-corrected chi connectivity index (χ0v) is 17.4. The van der Waals surface area contributed by atoms with Crippen LogP contribution >= 0.6 is 23.2 Å². The quantitative estimate of drug-likeness (QED) is 0.805. The van der Waals surface area contributed by atoms with Gasteiger partial charge in [0.05, 0.1) is 0 Å². The molecule has 2 heterocycles. The number of carbonyl (C=O) groups is 3. The molecular formula is C20H25Cl2N3O3. The van der Waals surface area contributed by atoms with Crippen molar-refractivity contribution in [2.24, 2.45) is 5.92 Å². The van der Waals surface area contributed by atoms with Gasteiger partial charge in [-0.3, -0.25) is 14.4 Å². The van der Waals surface area contributed by atoms with Crippen LogP contribution in [0.5, 0.6) is 0 Å². The summed E-state index contributed by atoms with van der Waals surface area (Å²) < 4.78 is 0. The van der Waals surface area contributed by atoms with E-state index in [2.05, 4.69) is 5.32 Å². The second-order valence-corrected chi connectivity index (χ2v) is 8.39.